The summed E-state index contributed by atoms with van der Waals surface area (Å²) in [5.74, 6) is 0.925. The molecule has 4 rings (SSSR count). The third kappa shape index (κ3) is 1.46. The quantitative estimate of drug-likeness (QED) is 0.863. The molecule has 3 aliphatic carbocycles. The number of pyridine rings is 1. The molecule has 92 valence electrons. The van der Waals surface area contributed by atoms with Crippen molar-refractivity contribution in [3.8, 4) is 0 Å². The Morgan fingerprint density at radius 2 is 2.18 bits per heavy atom. The van der Waals surface area contributed by atoms with Crippen molar-refractivity contribution in [1.82, 2.24) is 10.3 Å². The summed E-state index contributed by atoms with van der Waals surface area (Å²) in [4.78, 5) is 4.37. The number of aromatic nitrogens is 1. The lowest BCUT2D eigenvalue weighted by Crippen LogP contribution is -2.52. The summed E-state index contributed by atoms with van der Waals surface area (Å²) in [7, 11) is 0. The molecule has 0 aliphatic heterocycles. The molecule has 1 aromatic rings. The van der Waals surface area contributed by atoms with Crippen LogP contribution in [0.5, 0.6) is 0 Å². The van der Waals surface area contributed by atoms with Gasteiger partial charge in [0.15, 0.2) is 0 Å². The minimum atomic E-state index is 0.493. The fourth-order valence-electron chi connectivity index (χ4n) is 3.92. The lowest BCUT2D eigenvalue weighted by atomic mass is 9.51. The molecule has 1 aromatic heterocycles. The summed E-state index contributed by atoms with van der Waals surface area (Å²) >= 11 is 0. The van der Waals surface area contributed by atoms with Gasteiger partial charge in [0.05, 0.1) is 5.69 Å². The van der Waals surface area contributed by atoms with E-state index < -0.39 is 0 Å². The second-order valence-electron chi connectivity index (χ2n) is 6.53. The van der Waals surface area contributed by atoms with E-state index in [0.717, 1.165) is 18.2 Å². The molecule has 3 atom stereocenters. The largest absolute Gasteiger partial charge is 0.308 e. The van der Waals surface area contributed by atoms with Gasteiger partial charge in [-0.15, -0.1) is 0 Å². The Kier molecular flexibility index (Phi) is 2.34. The summed E-state index contributed by atoms with van der Waals surface area (Å²) in [6.07, 6.45) is 4.62. The molecule has 0 radical (unpaired) electrons. The predicted octanol–water partition coefficient (Wildman–Crippen LogP) is 3.00. The second kappa shape index (κ2) is 3.55. The molecule has 2 nitrogen and oxygen atoms in total. The van der Waals surface area contributed by atoms with Gasteiger partial charge in [0.1, 0.15) is 0 Å². The zero-order valence-corrected chi connectivity index (χ0v) is 11.0. The van der Waals surface area contributed by atoms with Crippen LogP contribution in [-0.4, -0.2) is 11.0 Å². The van der Waals surface area contributed by atoms with E-state index in [1.807, 2.05) is 12.3 Å². The molecule has 0 aromatic carbocycles. The minimum absolute atomic E-state index is 0.493. The molecule has 3 fully saturated rings. The molecule has 0 amide bonds. The molecule has 2 bridgehead atoms. The van der Waals surface area contributed by atoms with Gasteiger partial charge in [0, 0.05) is 18.8 Å². The van der Waals surface area contributed by atoms with E-state index >= 15 is 0 Å². The molecule has 0 saturated heterocycles. The maximum atomic E-state index is 4.37. The summed E-state index contributed by atoms with van der Waals surface area (Å²) < 4.78 is 0. The number of nitrogens with one attached hydrogen (secondary N) is 1. The smallest absolute Gasteiger partial charge is 0.0541 e. The first-order valence-corrected chi connectivity index (χ1v) is 6.67. The van der Waals surface area contributed by atoms with Crippen LogP contribution >= 0.6 is 0 Å². The standard InChI is InChI=1S/C15H22N2/c1-14(2)11-8-13(15(14,3)9-11)17-10-12-6-4-5-7-16-12/h4-7,11,13,17H,8-10H2,1-3H3. The summed E-state index contributed by atoms with van der Waals surface area (Å²) in [5, 5.41) is 3.72. The van der Waals surface area contributed by atoms with Crippen LogP contribution in [0.15, 0.2) is 24.4 Å². The van der Waals surface area contributed by atoms with Crippen molar-refractivity contribution in [2.24, 2.45) is 16.7 Å². The molecular weight excluding hydrogens is 208 g/mol. The zero-order chi connectivity index (χ0) is 12.1. The summed E-state index contributed by atoms with van der Waals surface area (Å²) in [6.45, 7) is 8.23. The summed E-state index contributed by atoms with van der Waals surface area (Å²) in [5.41, 5.74) is 2.17. The highest BCUT2D eigenvalue weighted by Gasteiger charge is 2.66. The van der Waals surface area contributed by atoms with Gasteiger partial charge in [0.2, 0.25) is 0 Å². The van der Waals surface area contributed by atoms with Crippen LogP contribution in [0.1, 0.15) is 39.3 Å². The lowest BCUT2D eigenvalue weighted by molar-refractivity contribution is -0.0504. The van der Waals surface area contributed by atoms with Gasteiger partial charge >= 0.3 is 0 Å². The van der Waals surface area contributed by atoms with Crippen molar-refractivity contribution in [3.63, 3.8) is 0 Å². The Bertz CT molecular complexity index is 412. The van der Waals surface area contributed by atoms with E-state index in [1.54, 1.807) is 0 Å². The highest BCUT2D eigenvalue weighted by Crippen LogP contribution is 2.70. The van der Waals surface area contributed by atoms with E-state index in [9.17, 15) is 0 Å². The molecule has 0 spiro atoms. The van der Waals surface area contributed by atoms with Gasteiger partial charge in [-0.1, -0.05) is 26.8 Å². The van der Waals surface area contributed by atoms with Crippen LogP contribution in [0.4, 0.5) is 0 Å². The van der Waals surface area contributed by atoms with E-state index in [1.165, 1.54) is 12.8 Å². The number of nitrogens with zero attached hydrogens (tertiary/aromatic N) is 1. The van der Waals surface area contributed by atoms with Crippen LogP contribution < -0.4 is 5.32 Å². The van der Waals surface area contributed by atoms with Gasteiger partial charge in [0.25, 0.3) is 0 Å². The van der Waals surface area contributed by atoms with Crippen LogP contribution in [-0.2, 0) is 6.54 Å². The minimum Gasteiger partial charge on any atom is -0.308 e. The van der Waals surface area contributed by atoms with Crippen molar-refractivity contribution in [2.75, 3.05) is 0 Å². The Hall–Kier alpha value is -0.890. The van der Waals surface area contributed by atoms with Crippen LogP contribution in [0, 0.1) is 16.7 Å². The first-order valence-electron chi connectivity index (χ1n) is 6.67. The van der Waals surface area contributed by atoms with E-state index in [2.05, 4.69) is 43.2 Å². The van der Waals surface area contributed by atoms with Gasteiger partial charge < -0.3 is 5.32 Å². The highest BCUT2D eigenvalue weighted by atomic mass is 15.0. The Balaban J connectivity index is 1.65. The van der Waals surface area contributed by atoms with E-state index in [0.29, 0.717) is 16.9 Å². The van der Waals surface area contributed by atoms with Crippen LogP contribution in [0.3, 0.4) is 0 Å². The maximum absolute atomic E-state index is 4.37. The monoisotopic (exact) mass is 230 g/mol. The molecule has 3 aliphatic rings. The van der Waals surface area contributed by atoms with Crippen molar-refractivity contribution in [1.29, 1.82) is 0 Å². The third-order valence-electron chi connectivity index (χ3n) is 5.71. The lowest BCUT2D eigenvalue weighted by Gasteiger charge is -2.54. The normalized spacial score (nSPS) is 37.8. The SMILES string of the molecule is CC1(C)C2CC(NCc3ccccn3)C1(C)C2. The first-order chi connectivity index (χ1) is 8.04. The second-order valence-corrected chi connectivity index (χ2v) is 6.53. The van der Waals surface area contributed by atoms with E-state index in [-0.39, 0.29) is 0 Å². The molecular formula is C15H22N2. The molecule has 3 saturated carbocycles. The Morgan fingerprint density at radius 1 is 1.35 bits per heavy atom. The summed E-state index contributed by atoms with van der Waals surface area (Å²) in [6, 6.07) is 6.80. The number of hydrogen-bond acceptors (Lipinski definition) is 2. The first kappa shape index (κ1) is 11.2. The van der Waals surface area contributed by atoms with Crippen molar-refractivity contribution in [3.05, 3.63) is 30.1 Å². The van der Waals surface area contributed by atoms with Crippen LogP contribution in [0.25, 0.3) is 0 Å². The molecule has 3 unspecified atom stereocenters. The molecule has 17 heavy (non-hydrogen) atoms. The van der Waals surface area contributed by atoms with Gasteiger partial charge in [-0.3, -0.25) is 4.98 Å². The van der Waals surface area contributed by atoms with Gasteiger partial charge in [-0.05, 0) is 41.7 Å². The van der Waals surface area contributed by atoms with Crippen molar-refractivity contribution < 1.29 is 0 Å². The molecule has 2 heteroatoms. The fourth-order valence-corrected chi connectivity index (χ4v) is 3.92. The predicted molar refractivity (Wildman–Crippen MR) is 69.5 cm³/mol. The Morgan fingerprint density at radius 3 is 2.71 bits per heavy atom. The van der Waals surface area contributed by atoms with Crippen molar-refractivity contribution >= 4 is 0 Å². The average Bonchev–Trinajstić information content (AvgIpc) is 2.77. The highest BCUT2D eigenvalue weighted by molar-refractivity contribution is 5.18. The molecule has 1 N–H and O–H groups in total. The van der Waals surface area contributed by atoms with Gasteiger partial charge in [-0.25, -0.2) is 0 Å². The van der Waals surface area contributed by atoms with E-state index in [4.69, 9.17) is 0 Å². The zero-order valence-electron chi connectivity index (χ0n) is 11.0. The fraction of sp³-hybridized carbons (Fsp3) is 0.667. The Labute approximate surface area is 104 Å². The average molecular weight is 230 g/mol. The van der Waals surface area contributed by atoms with Crippen molar-refractivity contribution in [2.45, 2.75) is 46.2 Å². The number of fused-ring (bicyclic) bond motifs is 1. The molecule has 1 heterocycles. The number of hydrogen-bond donors (Lipinski definition) is 1. The number of rotatable bonds is 3. The third-order valence-corrected chi connectivity index (χ3v) is 5.71. The topological polar surface area (TPSA) is 24.9 Å². The van der Waals surface area contributed by atoms with Gasteiger partial charge in [-0.2, -0.15) is 0 Å². The van der Waals surface area contributed by atoms with Crippen LogP contribution in [0.2, 0.25) is 0 Å². The maximum Gasteiger partial charge on any atom is 0.0541 e.